The van der Waals surface area contributed by atoms with Crippen molar-refractivity contribution in [3.63, 3.8) is 0 Å². The molecule has 0 spiro atoms. The molecule has 10 heteroatoms. The number of nitrogens with zero attached hydrogens (tertiary/aromatic N) is 6. The number of ether oxygens (including phenoxy) is 1. The van der Waals surface area contributed by atoms with E-state index in [0.29, 0.717) is 34.5 Å². The van der Waals surface area contributed by atoms with Gasteiger partial charge in [0.1, 0.15) is 17.4 Å². The van der Waals surface area contributed by atoms with Crippen LogP contribution < -0.4 is 15.0 Å². The highest BCUT2D eigenvalue weighted by Crippen LogP contribution is 2.36. The standard InChI is InChI=1S/C27H29ClN8O/c1-16-8-24(31-25-9-17(2)33-34-25)32-27(30-16)19-5-7-26(29-12-19)35-14-20-11-21(15-35)36(20)13-18-4-6-23(37-3)22(28)10-18/h4-10,12,20-21H,11,13-15H2,1-3H3,(H2,30,31,32,33,34). The van der Waals surface area contributed by atoms with Gasteiger partial charge in [-0.15, -0.1) is 0 Å². The van der Waals surface area contributed by atoms with Gasteiger partial charge in [-0.1, -0.05) is 17.7 Å². The normalized spacial score (nSPS) is 19.0. The van der Waals surface area contributed by atoms with Gasteiger partial charge in [0, 0.05) is 67.0 Å². The zero-order chi connectivity index (χ0) is 25.5. The number of hydrogen-bond acceptors (Lipinski definition) is 8. The van der Waals surface area contributed by atoms with E-state index in [0.717, 1.165) is 48.2 Å². The van der Waals surface area contributed by atoms with E-state index in [2.05, 4.69) is 53.5 Å². The summed E-state index contributed by atoms with van der Waals surface area (Å²) in [7, 11) is 1.64. The minimum absolute atomic E-state index is 0.514. The molecule has 6 heterocycles. The number of anilines is 3. The average molecular weight is 517 g/mol. The Morgan fingerprint density at radius 2 is 1.89 bits per heavy atom. The zero-order valence-electron chi connectivity index (χ0n) is 21.1. The second-order valence-electron chi connectivity index (χ2n) is 9.77. The Morgan fingerprint density at radius 3 is 2.57 bits per heavy atom. The van der Waals surface area contributed by atoms with E-state index in [1.54, 1.807) is 7.11 Å². The summed E-state index contributed by atoms with van der Waals surface area (Å²) < 4.78 is 5.28. The van der Waals surface area contributed by atoms with Crippen LogP contribution in [0.1, 0.15) is 23.4 Å². The summed E-state index contributed by atoms with van der Waals surface area (Å²) >= 11 is 6.33. The number of aromatic amines is 1. The van der Waals surface area contributed by atoms with Crippen molar-refractivity contribution < 1.29 is 4.74 Å². The number of pyridine rings is 1. The Bertz CT molecular complexity index is 1410. The van der Waals surface area contributed by atoms with Crippen molar-refractivity contribution >= 4 is 29.1 Å². The van der Waals surface area contributed by atoms with Crippen LogP contribution in [0, 0.1) is 13.8 Å². The molecule has 4 aromatic rings. The summed E-state index contributed by atoms with van der Waals surface area (Å²) in [5, 5.41) is 11.1. The molecule has 3 saturated heterocycles. The van der Waals surface area contributed by atoms with Crippen molar-refractivity contribution in [1.29, 1.82) is 0 Å². The molecule has 190 valence electrons. The number of aryl methyl sites for hydroxylation is 2. The van der Waals surface area contributed by atoms with E-state index in [1.165, 1.54) is 12.0 Å². The lowest BCUT2D eigenvalue weighted by Crippen LogP contribution is -2.68. The molecule has 0 saturated carbocycles. The van der Waals surface area contributed by atoms with Crippen LogP contribution in [0.5, 0.6) is 5.75 Å². The molecule has 2 atom stereocenters. The second kappa shape index (κ2) is 9.64. The predicted molar refractivity (Wildman–Crippen MR) is 145 cm³/mol. The summed E-state index contributed by atoms with van der Waals surface area (Å²) in [5.74, 6) is 3.77. The molecule has 0 amide bonds. The monoisotopic (exact) mass is 516 g/mol. The van der Waals surface area contributed by atoms with Gasteiger partial charge in [0.15, 0.2) is 11.6 Å². The molecule has 3 aliphatic heterocycles. The van der Waals surface area contributed by atoms with E-state index >= 15 is 0 Å². The van der Waals surface area contributed by atoms with Crippen LogP contribution in [0.2, 0.25) is 5.02 Å². The van der Waals surface area contributed by atoms with Crippen molar-refractivity contribution in [2.75, 3.05) is 30.4 Å². The van der Waals surface area contributed by atoms with Crippen molar-refractivity contribution in [3.8, 4) is 17.1 Å². The van der Waals surface area contributed by atoms with Crippen LogP contribution >= 0.6 is 11.6 Å². The molecule has 37 heavy (non-hydrogen) atoms. The third-order valence-electron chi connectivity index (χ3n) is 7.07. The average Bonchev–Trinajstić information content (AvgIpc) is 3.31. The number of piperidine rings is 1. The first kappa shape index (κ1) is 23.7. The number of rotatable bonds is 7. The van der Waals surface area contributed by atoms with Crippen molar-refractivity contribution in [3.05, 3.63) is 70.6 Å². The van der Waals surface area contributed by atoms with Gasteiger partial charge in [0.2, 0.25) is 0 Å². The number of fused-ring (bicyclic) bond motifs is 2. The number of aromatic nitrogens is 5. The third-order valence-corrected chi connectivity index (χ3v) is 7.37. The molecule has 2 N–H and O–H groups in total. The lowest BCUT2D eigenvalue weighted by atomic mass is 9.86. The van der Waals surface area contributed by atoms with Crippen LogP contribution in [0.4, 0.5) is 17.5 Å². The molecule has 3 aromatic heterocycles. The predicted octanol–water partition coefficient (Wildman–Crippen LogP) is 4.75. The van der Waals surface area contributed by atoms with E-state index < -0.39 is 0 Å². The molecule has 2 unspecified atom stereocenters. The molecule has 0 aliphatic carbocycles. The Labute approximate surface area is 220 Å². The highest BCUT2D eigenvalue weighted by molar-refractivity contribution is 6.32. The van der Waals surface area contributed by atoms with Crippen molar-refractivity contribution in [1.82, 2.24) is 30.0 Å². The quantitative estimate of drug-likeness (QED) is 0.363. The fraction of sp³-hybridized carbons (Fsp3) is 0.333. The summed E-state index contributed by atoms with van der Waals surface area (Å²) in [6.45, 7) is 6.75. The Kier molecular flexibility index (Phi) is 6.18. The first-order valence-electron chi connectivity index (χ1n) is 12.4. The van der Waals surface area contributed by atoms with E-state index in [4.69, 9.17) is 21.3 Å². The molecule has 2 bridgehead atoms. The van der Waals surface area contributed by atoms with Gasteiger partial charge in [0.05, 0.1) is 12.1 Å². The molecule has 7 rings (SSSR count). The number of halogens is 1. The summed E-state index contributed by atoms with van der Waals surface area (Å²) in [4.78, 5) is 19.0. The fourth-order valence-corrected chi connectivity index (χ4v) is 5.51. The summed E-state index contributed by atoms with van der Waals surface area (Å²) in [5.41, 5.74) is 3.95. The summed E-state index contributed by atoms with van der Waals surface area (Å²) in [6, 6.07) is 15.0. The molecule has 9 nitrogen and oxygen atoms in total. The maximum absolute atomic E-state index is 6.33. The maximum Gasteiger partial charge on any atom is 0.163 e. The first-order chi connectivity index (χ1) is 17.9. The number of piperazine rings is 1. The van der Waals surface area contributed by atoms with Gasteiger partial charge >= 0.3 is 0 Å². The minimum Gasteiger partial charge on any atom is -0.495 e. The van der Waals surface area contributed by atoms with Gasteiger partial charge < -0.3 is 15.0 Å². The molecule has 3 aliphatic rings. The van der Waals surface area contributed by atoms with E-state index in [9.17, 15) is 0 Å². The van der Waals surface area contributed by atoms with Gasteiger partial charge in [-0.2, -0.15) is 5.10 Å². The molecule has 1 aromatic carbocycles. The number of methoxy groups -OCH3 is 1. The van der Waals surface area contributed by atoms with Crippen LogP contribution in [0.15, 0.2) is 48.7 Å². The zero-order valence-corrected chi connectivity index (χ0v) is 21.8. The highest BCUT2D eigenvalue weighted by atomic mass is 35.5. The molecular formula is C27H29ClN8O. The van der Waals surface area contributed by atoms with Gasteiger partial charge in [-0.3, -0.25) is 10.00 Å². The van der Waals surface area contributed by atoms with Crippen LogP contribution in [-0.2, 0) is 6.54 Å². The fourth-order valence-electron chi connectivity index (χ4n) is 5.23. The van der Waals surface area contributed by atoms with Crippen LogP contribution in [-0.4, -0.2) is 62.3 Å². The minimum atomic E-state index is 0.514. The number of hydrogen-bond donors (Lipinski definition) is 2. The van der Waals surface area contributed by atoms with Gasteiger partial charge in [-0.05, 0) is 50.1 Å². The highest BCUT2D eigenvalue weighted by Gasteiger charge is 2.44. The number of H-pyrrole nitrogens is 1. The smallest absolute Gasteiger partial charge is 0.163 e. The van der Waals surface area contributed by atoms with Gasteiger partial charge in [-0.25, -0.2) is 15.0 Å². The van der Waals surface area contributed by atoms with Crippen molar-refractivity contribution in [2.24, 2.45) is 0 Å². The lowest BCUT2D eigenvalue weighted by molar-refractivity contribution is -0.00868. The van der Waals surface area contributed by atoms with Gasteiger partial charge in [0.25, 0.3) is 0 Å². The Hall–Kier alpha value is -3.69. The Balaban J connectivity index is 1.11. The Morgan fingerprint density at radius 1 is 1.05 bits per heavy atom. The SMILES string of the molecule is COc1ccc(CN2C3CC2CN(c2ccc(-c4nc(C)cc(Nc5cc(C)[nH]n5)n4)cn2)C3)cc1Cl. The molecular weight excluding hydrogens is 488 g/mol. The molecule has 3 fully saturated rings. The number of benzene rings is 1. The number of nitrogens with one attached hydrogen (secondary N) is 2. The van der Waals surface area contributed by atoms with E-state index in [1.807, 2.05) is 44.3 Å². The third kappa shape index (κ3) is 4.84. The van der Waals surface area contributed by atoms with E-state index in [-0.39, 0.29) is 0 Å². The lowest BCUT2D eigenvalue weighted by Gasteiger charge is -2.56. The molecule has 0 radical (unpaired) electrons. The van der Waals surface area contributed by atoms with Crippen molar-refractivity contribution in [2.45, 2.75) is 38.9 Å². The topological polar surface area (TPSA) is 95.1 Å². The van der Waals surface area contributed by atoms with Crippen LogP contribution in [0.3, 0.4) is 0 Å². The maximum atomic E-state index is 6.33. The summed E-state index contributed by atoms with van der Waals surface area (Å²) in [6.07, 6.45) is 3.09. The first-order valence-corrected chi connectivity index (χ1v) is 12.8. The van der Waals surface area contributed by atoms with Crippen LogP contribution in [0.25, 0.3) is 11.4 Å². The second-order valence-corrected chi connectivity index (χ2v) is 10.2. The largest absolute Gasteiger partial charge is 0.495 e.